The van der Waals surface area contributed by atoms with Crippen LogP contribution in [0.1, 0.15) is 25.6 Å². The maximum absolute atomic E-state index is 12.5. The third kappa shape index (κ3) is 2.78. The average Bonchev–Trinajstić information content (AvgIpc) is 2.72. The number of aromatic amines is 1. The molecule has 0 aliphatic carbocycles. The highest BCUT2D eigenvalue weighted by Crippen LogP contribution is 2.26. The van der Waals surface area contributed by atoms with Gasteiger partial charge >= 0.3 is 6.18 Å². The number of H-pyrrole nitrogens is 1. The first-order chi connectivity index (χ1) is 9.31. The van der Waals surface area contributed by atoms with Gasteiger partial charge in [-0.2, -0.15) is 22.7 Å². The third-order valence-electron chi connectivity index (χ3n) is 2.34. The van der Waals surface area contributed by atoms with Crippen LogP contribution in [0.2, 0.25) is 0 Å². The van der Waals surface area contributed by atoms with Crippen LogP contribution >= 0.6 is 0 Å². The number of hydrogen-bond donors (Lipinski definition) is 2. The zero-order valence-corrected chi connectivity index (χ0v) is 10.3. The van der Waals surface area contributed by atoms with Crippen molar-refractivity contribution in [1.82, 2.24) is 19.6 Å². The summed E-state index contributed by atoms with van der Waals surface area (Å²) in [7, 11) is 0. The molecule has 0 aliphatic heterocycles. The van der Waals surface area contributed by atoms with Crippen LogP contribution in [0.4, 0.5) is 19.0 Å². The van der Waals surface area contributed by atoms with E-state index in [4.69, 9.17) is 0 Å². The molecule has 0 unspecified atom stereocenters. The molecule has 2 rings (SSSR count). The first-order valence-corrected chi connectivity index (χ1v) is 5.68. The first kappa shape index (κ1) is 14.0. The SMILES string of the molecule is CCCC(=O)Nc1cc(=O)[nH]c2nc(C(F)(F)F)nn12. The standard InChI is InChI=1S/C10H10F3N5O2/c1-2-3-6(19)14-5-4-7(20)15-9-16-8(10(11,12)13)17-18(5)9/h4H,2-3H2,1H3,(H,14,19)(H,15,16,17,20). The second-order valence-corrected chi connectivity index (χ2v) is 3.99. The van der Waals surface area contributed by atoms with E-state index in [1.54, 1.807) is 6.92 Å². The van der Waals surface area contributed by atoms with Crippen LogP contribution < -0.4 is 10.9 Å². The van der Waals surface area contributed by atoms with Crippen LogP contribution in [0.5, 0.6) is 0 Å². The average molecular weight is 289 g/mol. The van der Waals surface area contributed by atoms with E-state index in [1.165, 1.54) is 0 Å². The summed E-state index contributed by atoms with van der Waals surface area (Å²) in [4.78, 5) is 28.1. The molecule has 0 spiro atoms. The van der Waals surface area contributed by atoms with Crippen LogP contribution in [0.3, 0.4) is 0 Å². The topological polar surface area (TPSA) is 92.1 Å². The molecule has 2 N–H and O–H groups in total. The minimum absolute atomic E-state index is 0.162. The number of nitrogens with zero attached hydrogens (tertiary/aromatic N) is 3. The Balaban J connectivity index is 2.51. The number of carbonyl (C=O) groups excluding carboxylic acids is 1. The highest BCUT2D eigenvalue weighted by Gasteiger charge is 2.36. The Morgan fingerprint density at radius 1 is 1.50 bits per heavy atom. The molecule has 10 heteroatoms. The Morgan fingerprint density at radius 2 is 2.20 bits per heavy atom. The second-order valence-electron chi connectivity index (χ2n) is 3.99. The summed E-state index contributed by atoms with van der Waals surface area (Å²) in [5.41, 5.74) is -0.689. The fourth-order valence-electron chi connectivity index (χ4n) is 1.53. The highest BCUT2D eigenvalue weighted by molar-refractivity contribution is 5.89. The molecule has 0 bridgehead atoms. The van der Waals surface area contributed by atoms with Gasteiger partial charge in [0, 0.05) is 12.5 Å². The summed E-state index contributed by atoms with van der Waals surface area (Å²) in [5, 5.41) is 5.56. The van der Waals surface area contributed by atoms with Gasteiger partial charge in [0.15, 0.2) is 0 Å². The number of fused-ring (bicyclic) bond motifs is 1. The van der Waals surface area contributed by atoms with Gasteiger partial charge in [0.2, 0.25) is 11.7 Å². The fraction of sp³-hybridized carbons (Fsp3) is 0.400. The number of amides is 1. The van der Waals surface area contributed by atoms with E-state index >= 15 is 0 Å². The van der Waals surface area contributed by atoms with Crippen molar-refractivity contribution in [2.45, 2.75) is 25.9 Å². The molecule has 0 saturated carbocycles. The van der Waals surface area contributed by atoms with Gasteiger partial charge in [0.1, 0.15) is 5.82 Å². The smallest absolute Gasteiger partial charge is 0.310 e. The number of rotatable bonds is 3. The Labute approximate surface area is 109 Å². The Hall–Kier alpha value is -2.39. The maximum atomic E-state index is 12.5. The van der Waals surface area contributed by atoms with E-state index in [2.05, 4.69) is 20.4 Å². The van der Waals surface area contributed by atoms with Crippen molar-refractivity contribution >= 4 is 17.5 Å². The van der Waals surface area contributed by atoms with Gasteiger partial charge in [-0.1, -0.05) is 6.92 Å². The van der Waals surface area contributed by atoms with Crippen molar-refractivity contribution in [3.05, 3.63) is 22.2 Å². The van der Waals surface area contributed by atoms with Gasteiger partial charge in [0.05, 0.1) is 0 Å². The molecule has 1 amide bonds. The van der Waals surface area contributed by atoms with Crippen molar-refractivity contribution in [3.63, 3.8) is 0 Å². The van der Waals surface area contributed by atoms with Crippen LogP contribution in [-0.4, -0.2) is 25.5 Å². The van der Waals surface area contributed by atoms with Crippen molar-refractivity contribution in [3.8, 4) is 0 Å². The second kappa shape index (κ2) is 4.94. The van der Waals surface area contributed by atoms with Gasteiger partial charge in [-0.25, -0.2) is 0 Å². The number of anilines is 1. The normalized spacial score (nSPS) is 11.8. The molecule has 0 aromatic carbocycles. The van der Waals surface area contributed by atoms with E-state index in [-0.39, 0.29) is 12.2 Å². The molecule has 108 valence electrons. The van der Waals surface area contributed by atoms with Crippen molar-refractivity contribution in [1.29, 1.82) is 0 Å². The summed E-state index contributed by atoms with van der Waals surface area (Å²) >= 11 is 0. The van der Waals surface area contributed by atoms with Gasteiger partial charge in [0.25, 0.3) is 11.4 Å². The van der Waals surface area contributed by atoms with Crippen LogP contribution in [0.15, 0.2) is 10.9 Å². The van der Waals surface area contributed by atoms with E-state index in [0.717, 1.165) is 10.6 Å². The van der Waals surface area contributed by atoms with Crippen LogP contribution in [-0.2, 0) is 11.0 Å². The number of halogens is 3. The zero-order chi connectivity index (χ0) is 14.9. The monoisotopic (exact) mass is 289 g/mol. The molecule has 2 aromatic heterocycles. The molecule has 2 heterocycles. The van der Waals surface area contributed by atoms with Crippen LogP contribution in [0.25, 0.3) is 5.78 Å². The number of hydrogen-bond acceptors (Lipinski definition) is 4. The minimum Gasteiger partial charge on any atom is -0.310 e. The lowest BCUT2D eigenvalue weighted by molar-refractivity contribution is -0.144. The van der Waals surface area contributed by atoms with Crippen molar-refractivity contribution in [2.75, 3.05) is 5.32 Å². The van der Waals surface area contributed by atoms with Gasteiger partial charge in [-0.3, -0.25) is 14.6 Å². The molecular formula is C10H10F3N5O2. The largest absolute Gasteiger partial charge is 0.453 e. The summed E-state index contributed by atoms with van der Waals surface area (Å²) in [6, 6.07) is 0.940. The Morgan fingerprint density at radius 3 is 2.80 bits per heavy atom. The molecule has 7 nitrogen and oxygen atoms in total. The maximum Gasteiger partial charge on any atom is 0.453 e. The summed E-state index contributed by atoms with van der Waals surface area (Å²) in [5.74, 6) is -2.38. The summed E-state index contributed by atoms with van der Waals surface area (Å²) < 4.78 is 38.3. The first-order valence-electron chi connectivity index (χ1n) is 5.68. The highest BCUT2D eigenvalue weighted by atomic mass is 19.4. The molecule has 0 fully saturated rings. The molecule has 2 aromatic rings. The summed E-state index contributed by atoms with van der Waals surface area (Å²) in [6.07, 6.45) is -4.01. The number of alkyl halides is 3. The molecular weight excluding hydrogens is 279 g/mol. The van der Waals surface area contributed by atoms with E-state index < -0.39 is 29.2 Å². The van der Waals surface area contributed by atoms with Crippen molar-refractivity contribution in [2.24, 2.45) is 0 Å². The lowest BCUT2D eigenvalue weighted by atomic mass is 10.3. The van der Waals surface area contributed by atoms with E-state index in [9.17, 15) is 22.8 Å². The molecule has 0 radical (unpaired) electrons. The fourth-order valence-corrected chi connectivity index (χ4v) is 1.53. The predicted octanol–water partition coefficient (Wildman–Crippen LogP) is 1.17. The quantitative estimate of drug-likeness (QED) is 0.887. The van der Waals surface area contributed by atoms with Gasteiger partial charge in [-0.15, -0.1) is 5.10 Å². The molecule has 0 atom stereocenters. The minimum atomic E-state index is -4.74. The van der Waals surface area contributed by atoms with E-state index in [0.29, 0.717) is 6.42 Å². The number of nitrogens with one attached hydrogen (secondary N) is 2. The Bertz CT molecular complexity index is 703. The molecule has 0 saturated heterocycles. The Kier molecular flexibility index (Phi) is 3.47. The zero-order valence-electron chi connectivity index (χ0n) is 10.3. The van der Waals surface area contributed by atoms with Gasteiger partial charge < -0.3 is 5.32 Å². The van der Waals surface area contributed by atoms with Crippen molar-refractivity contribution < 1.29 is 18.0 Å². The summed E-state index contributed by atoms with van der Waals surface area (Å²) in [6.45, 7) is 1.77. The molecule has 0 aliphatic rings. The van der Waals surface area contributed by atoms with E-state index in [1.807, 2.05) is 0 Å². The third-order valence-corrected chi connectivity index (χ3v) is 2.34. The molecule has 20 heavy (non-hydrogen) atoms. The van der Waals surface area contributed by atoms with Crippen LogP contribution in [0, 0.1) is 0 Å². The number of carbonyl (C=O) groups is 1. The predicted molar refractivity (Wildman–Crippen MR) is 62.1 cm³/mol. The van der Waals surface area contributed by atoms with Gasteiger partial charge in [-0.05, 0) is 6.42 Å². The number of aromatic nitrogens is 4. The lowest BCUT2D eigenvalue weighted by Gasteiger charge is -2.05. The lowest BCUT2D eigenvalue weighted by Crippen LogP contribution is -2.18.